The molecule has 2 aromatic carbocycles. The molecule has 10 heteroatoms. The molecule has 1 aliphatic rings. The number of anilines is 1. The summed E-state index contributed by atoms with van der Waals surface area (Å²) < 4.78 is 44.6. The van der Waals surface area contributed by atoms with E-state index in [9.17, 15) is 13.2 Å². The molecule has 0 atom stereocenters. The van der Waals surface area contributed by atoms with Crippen LogP contribution in [0.15, 0.2) is 58.8 Å². The van der Waals surface area contributed by atoms with Gasteiger partial charge < -0.3 is 14.2 Å². The molecule has 7 nitrogen and oxygen atoms in total. The third-order valence-electron chi connectivity index (χ3n) is 4.61. The molecule has 0 bridgehead atoms. The van der Waals surface area contributed by atoms with E-state index in [2.05, 4.69) is 0 Å². The molecule has 1 aliphatic heterocycles. The zero-order valence-corrected chi connectivity index (χ0v) is 18.8. The second kappa shape index (κ2) is 8.78. The Morgan fingerprint density at radius 1 is 1.13 bits per heavy atom. The number of carbonyl (C=O) groups is 1. The molecule has 0 fully saturated rings. The van der Waals surface area contributed by atoms with Crippen LogP contribution in [0.2, 0.25) is 5.02 Å². The fourth-order valence-electron chi connectivity index (χ4n) is 3.11. The zero-order valence-electron chi connectivity index (χ0n) is 16.4. The number of halogens is 1. The highest BCUT2D eigenvalue weighted by atomic mass is 35.5. The van der Waals surface area contributed by atoms with Gasteiger partial charge in [-0.05, 0) is 41.8 Å². The summed E-state index contributed by atoms with van der Waals surface area (Å²) in [6, 6.07) is 12.6. The van der Waals surface area contributed by atoms with Crippen LogP contribution < -0.4 is 13.8 Å². The molecule has 1 aromatic heterocycles. The fourth-order valence-corrected chi connectivity index (χ4v) is 5.82. The van der Waals surface area contributed by atoms with Gasteiger partial charge in [0.05, 0.1) is 29.9 Å². The van der Waals surface area contributed by atoms with Crippen LogP contribution in [0.1, 0.15) is 15.2 Å². The van der Waals surface area contributed by atoms with Crippen LogP contribution in [-0.4, -0.2) is 34.7 Å². The molecule has 0 N–H and O–H groups in total. The van der Waals surface area contributed by atoms with Gasteiger partial charge in [0.25, 0.3) is 10.0 Å². The van der Waals surface area contributed by atoms with Gasteiger partial charge in [0, 0.05) is 10.9 Å². The first-order valence-electron chi connectivity index (χ1n) is 9.23. The first-order chi connectivity index (χ1) is 14.9. The van der Waals surface area contributed by atoms with E-state index in [0.717, 1.165) is 4.88 Å². The van der Waals surface area contributed by atoms with Gasteiger partial charge in [-0.2, -0.15) is 0 Å². The van der Waals surface area contributed by atoms with Crippen molar-refractivity contribution in [1.29, 1.82) is 0 Å². The van der Waals surface area contributed by atoms with Crippen molar-refractivity contribution in [1.82, 2.24) is 0 Å². The quantitative estimate of drug-likeness (QED) is 0.489. The minimum absolute atomic E-state index is 0.00127. The highest BCUT2D eigenvalue weighted by Gasteiger charge is 2.30. The van der Waals surface area contributed by atoms with E-state index in [4.69, 9.17) is 25.8 Å². The summed E-state index contributed by atoms with van der Waals surface area (Å²) in [4.78, 5) is 12.6. The standard InChI is InChI=1S/C21H18ClNO6S2/c1-27-21(24)14-4-6-17(22)20(11-14)31(25,26)23(13-16-3-2-10-30-16)15-5-7-18-19(12-15)29-9-8-28-18/h2-7,10-12H,8-9,13H2,1H3. The SMILES string of the molecule is COC(=O)c1ccc(Cl)c(S(=O)(=O)N(Cc2cccs2)c2ccc3c(c2)OCCO3)c1. The van der Waals surface area contributed by atoms with Crippen LogP contribution in [0.3, 0.4) is 0 Å². The summed E-state index contributed by atoms with van der Waals surface area (Å²) in [7, 11) is -2.92. The summed E-state index contributed by atoms with van der Waals surface area (Å²) in [5.74, 6) is 0.357. The zero-order chi connectivity index (χ0) is 22.0. The van der Waals surface area contributed by atoms with Crippen molar-refractivity contribution in [2.75, 3.05) is 24.6 Å². The van der Waals surface area contributed by atoms with Crippen molar-refractivity contribution < 1.29 is 27.4 Å². The number of fused-ring (bicyclic) bond motifs is 1. The van der Waals surface area contributed by atoms with Gasteiger partial charge >= 0.3 is 5.97 Å². The third-order valence-corrected chi connectivity index (χ3v) is 7.73. The maximum atomic E-state index is 13.7. The van der Waals surface area contributed by atoms with Crippen molar-refractivity contribution in [3.63, 3.8) is 0 Å². The first-order valence-corrected chi connectivity index (χ1v) is 11.9. The summed E-state index contributed by atoms with van der Waals surface area (Å²) in [5.41, 5.74) is 0.473. The number of benzene rings is 2. The number of thiophene rings is 1. The number of sulfonamides is 1. The van der Waals surface area contributed by atoms with Crippen molar-refractivity contribution in [3.8, 4) is 11.5 Å². The summed E-state index contributed by atoms with van der Waals surface area (Å²) in [6.45, 7) is 0.888. The van der Waals surface area contributed by atoms with Crippen LogP contribution in [0.5, 0.6) is 11.5 Å². The van der Waals surface area contributed by atoms with Crippen LogP contribution in [0.25, 0.3) is 0 Å². The molecule has 0 aliphatic carbocycles. The van der Waals surface area contributed by atoms with Crippen LogP contribution in [-0.2, 0) is 21.3 Å². The summed E-state index contributed by atoms with van der Waals surface area (Å²) >= 11 is 7.69. The fraction of sp³-hybridized carbons (Fsp3) is 0.190. The highest BCUT2D eigenvalue weighted by Crippen LogP contribution is 2.38. The van der Waals surface area contributed by atoms with Gasteiger partial charge in [-0.1, -0.05) is 17.7 Å². The van der Waals surface area contributed by atoms with E-state index < -0.39 is 16.0 Å². The lowest BCUT2D eigenvalue weighted by Gasteiger charge is -2.26. The van der Waals surface area contributed by atoms with E-state index in [-0.39, 0.29) is 22.0 Å². The van der Waals surface area contributed by atoms with Gasteiger partial charge in [-0.25, -0.2) is 13.2 Å². The van der Waals surface area contributed by atoms with Crippen molar-refractivity contribution >= 4 is 44.6 Å². The van der Waals surface area contributed by atoms with Gasteiger partial charge in [0.15, 0.2) is 11.5 Å². The van der Waals surface area contributed by atoms with Crippen molar-refractivity contribution in [3.05, 3.63) is 69.4 Å². The number of ether oxygens (including phenoxy) is 3. The molecule has 0 unspecified atom stereocenters. The molecule has 0 amide bonds. The summed E-state index contributed by atoms with van der Waals surface area (Å²) in [5, 5.41) is 1.87. The molecule has 0 saturated heterocycles. The Hall–Kier alpha value is -2.75. The Bertz CT molecular complexity index is 1210. The predicted molar refractivity (Wildman–Crippen MR) is 118 cm³/mol. The molecule has 4 rings (SSSR count). The van der Waals surface area contributed by atoms with E-state index >= 15 is 0 Å². The van der Waals surface area contributed by atoms with Crippen molar-refractivity contribution in [2.24, 2.45) is 0 Å². The normalized spacial score (nSPS) is 13.0. The van der Waals surface area contributed by atoms with Crippen LogP contribution in [0.4, 0.5) is 5.69 Å². The molecule has 0 radical (unpaired) electrons. The molecule has 0 spiro atoms. The molecule has 3 aromatic rings. The number of nitrogens with zero attached hydrogens (tertiary/aromatic N) is 1. The largest absolute Gasteiger partial charge is 0.486 e. The second-order valence-corrected chi connectivity index (χ2v) is 9.83. The minimum atomic E-state index is -4.15. The average Bonchev–Trinajstić information content (AvgIpc) is 3.30. The smallest absolute Gasteiger partial charge is 0.337 e. The Labute approximate surface area is 188 Å². The molecule has 0 saturated carbocycles. The van der Waals surface area contributed by atoms with E-state index in [1.54, 1.807) is 18.2 Å². The van der Waals surface area contributed by atoms with E-state index in [0.29, 0.717) is 30.4 Å². The summed E-state index contributed by atoms with van der Waals surface area (Å²) in [6.07, 6.45) is 0. The van der Waals surface area contributed by atoms with Gasteiger partial charge in [-0.15, -0.1) is 11.3 Å². The lowest BCUT2D eigenvalue weighted by molar-refractivity contribution is 0.0600. The molecule has 31 heavy (non-hydrogen) atoms. The van der Waals surface area contributed by atoms with E-state index in [1.165, 1.54) is 41.0 Å². The molecule has 2 heterocycles. The number of methoxy groups -OCH3 is 1. The lowest BCUT2D eigenvalue weighted by Crippen LogP contribution is -2.31. The number of rotatable bonds is 6. The Kier molecular flexibility index (Phi) is 6.08. The maximum absolute atomic E-state index is 13.7. The minimum Gasteiger partial charge on any atom is -0.486 e. The van der Waals surface area contributed by atoms with Crippen LogP contribution >= 0.6 is 22.9 Å². The highest BCUT2D eigenvalue weighted by molar-refractivity contribution is 7.93. The predicted octanol–water partition coefficient (Wildman–Crippen LogP) is 4.35. The number of carbonyl (C=O) groups excluding carboxylic acids is 1. The number of hydrogen-bond donors (Lipinski definition) is 0. The first kappa shape index (κ1) is 21.5. The Morgan fingerprint density at radius 3 is 2.61 bits per heavy atom. The Balaban J connectivity index is 1.82. The average molecular weight is 480 g/mol. The molecular formula is C21H18ClNO6S2. The Morgan fingerprint density at radius 2 is 1.90 bits per heavy atom. The van der Waals surface area contributed by atoms with Gasteiger partial charge in [-0.3, -0.25) is 4.31 Å². The molecule has 162 valence electrons. The molecular weight excluding hydrogens is 462 g/mol. The van der Waals surface area contributed by atoms with Gasteiger partial charge in [0.2, 0.25) is 0 Å². The van der Waals surface area contributed by atoms with E-state index in [1.807, 2.05) is 17.5 Å². The monoisotopic (exact) mass is 479 g/mol. The topological polar surface area (TPSA) is 82.1 Å². The number of esters is 1. The third kappa shape index (κ3) is 4.34. The van der Waals surface area contributed by atoms with Crippen molar-refractivity contribution in [2.45, 2.75) is 11.4 Å². The number of hydrogen-bond acceptors (Lipinski definition) is 7. The second-order valence-electron chi connectivity index (χ2n) is 6.56. The lowest BCUT2D eigenvalue weighted by atomic mass is 10.2. The van der Waals surface area contributed by atoms with Gasteiger partial charge in [0.1, 0.15) is 18.1 Å². The van der Waals surface area contributed by atoms with Crippen LogP contribution in [0, 0.1) is 0 Å². The maximum Gasteiger partial charge on any atom is 0.337 e.